The number of methoxy groups -OCH3 is 1. The summed E-state index contributed by atoms with van der Waals surface area (Å²) in [6.45, 7) is 6.68. The number of nitrogens with zero attached hydrogens (tertiary/aromatic N) is 3. The largest absolute Gasteiger partial charge is 0.497 e. The minimum absolute atomic E-state index is 0.0973. The molecule has 0 aliphatic carbocycles. The zero-order valence-electron chi connectivity index (χ0n) is 22.8. The molecule has 0 aliphatic heterocycles. The Morgan fingerprint density at radius 1 is 0.949 bits per heavy atom. The highest BCUT2D eigenvalue weighted by molar-refractivity contribution is 5.97. The molecule has 3 aromatic carbocycles. The lowest BCUT2D eigenvalue weighted by Crippen LogP contribution is -2.45. The lowest BCUT2D eigenvalue weighted by molar-refractivity contribution is -0.116. The van der Waals surface area contributed by atoms with Gasteiger partial charge >= 0.3 is 6.03 Å². The third-order valence-corrected chi connectivity index (χ3v) is 6.19. The van der Waals surface area contributed by atoms with Crippen molar-refractivity contribution >= 4 is 17.8 Å². The fourth-order valence-corrected chi connectivity index (χ4v) is 4.39. The van der Waals surface area contributed by atoms with Crippen molar-refractivity contribution in [2.45, 2.75) is 27.3 Å². The predicted octanol–water partition coefficient (Wildman–Crippen LogP) is 5.66. The molecule has 0 radical (unpaired) electrons. The number of aryl methyl sites for hydroxylation is 1. The van der Waals surface area contributed by atoms with Crippen molar-refractivity contribution in [2.75, 3.05) is 25.5 Å². The van der Waals surface area contributed by atoms with Gasteiger partial charge in [-0.05, 0) is 48.2 Å². The number of ether oxygens (including phenoxy) is 1. The van der Waals surface area contributed by atoms with Crippen LogP contribution in [0.5, 0.6) is 5.75 Å². The molecule has 0 unspecified atom stereocenters. The maximum atomic E-state index is 13.5. The molecule has 0 saturated heterocycles. The molecule has 8 heteroatoms. The van der Waals surface area contributed by atoms with Crippen molar-refractivity contribution in [2.24, 2.45) is 5.92 Å². The summed E-state index contributed by atoms with van der Waals surface area (Å²) in [6, 6.07) is 26.7. The number of hydrogen-bond donors (Lipinski definition) is 2. The van der Waals surface area contributed by atoms with E-state index >= 15 is 0 Å². The summed E-state index contributed by atoms with van der Waals surface area (Å²) in [6.07, 6.45) is 0. The second-order valence-electron chi connectivity index (χ2n) is 9.75. The van der Waals surface area contributed by atoms with E-state index in [-0.39, 0.29) is 24.4 Å². The van der Waals surface area contributed by atoms with Gasteiger partial charge in [0.2, 0.25) is 5.91 Å². The van der Waals surface area contributed by atoms with Gasteiger partial charge in [0.05, 0.1) is 18.5 Å². The quantitative estimate of drug-likeness (QED) is 0.280. The van der Waals surface area contributed by atoms with Crippen LogP contribution in [0.1, 0.15) is 25.1 Å². The highest BCUT2D eigenvalue weighted by Gasteiger charge is 2.23. The third-order valence-electron chi connectivity index (χ3n) is 6.19. The molecule has 1 aromatic heterocycles. The molecule has 0 fully saturated rings. The van der Waals surface area contributed by atoms with Gasteiger partial charge in [0.25, 0.3) is 0 Å². The molecule has 3 amide bonds. The average Bonchev–Trinajstić information content (AvgIpc) is 3.27. The van der Waals surface area contributed by atoms with E-state index in [1.165, 1.54) is 0 Å². The summed E-state index contributed by atoms with van der Waals surface area (Å²) in [7, 11) is 1.62. The molecular formula is C31H35N5O3. The Kier molecular flexibility index (Phi) is 8.99. The highest BCUT2D eigenvalue weighted by atomic mass is 16.5. The Bertz CT molecular complexity index is 1380. The fraction of sp³-hybridized carbons (Fsp3) is 0.258. The number of carbonyl (C=O) groups is 2. The first-order chi connectivity index (χ1) is 18.9. The molecule has 0 aliphatic rings. The van der Waals surface area contributed by atoms with Crippen LogP contribution in [0.4, 0.5) is 10.6 Å². The third kappa shape index (κ3) is 7.04. The van der Waals surface area contributed by atoms with E-state index < -0.39 is 0 Å². The fourth-order valence-electron chi connectivity index (χ4n) is 4.39. The van der Waals surface area contributed by atoms with Crippen LogP contribution in [0.15, 0.2) is 84.9 Å². The number of hydrogen-bond acceptors (Lipinski definition) is 4. The molecule has 4 rings (SSSR count). The van der Waals surface area contributed by atoms with Gasteiger partial charge < -0.3 is 20.3 Å². The minimum atomic E-state index is -0.308. The molecule has 1 heterocycles. The monoisotopic (exact) mass is 525 g/mol. The van der Waals surface area contributed by atoms with Gasteiger partial charge in [-0.3, -0.25) is 4.79 Å². The zero-order valence-corrected chi connectivity index (χ0v) is 22.8. The van der Waals surface area contributed by atoms with Gasteiger partial charge in [-0.1, -0.05) is 74.5 Å². The predicted molar refractivity (Wildman–Crippen MR) is 154 cm³/mol. The number of rotatable bonds is 10. The van der Waals surface area contributed by atoms with Crippen LogP contribution in [0, 0.1) is 12.8 Å². The average molecular weight is 526 g/mol. The molecule has 8 nitrogen and oxygen atoms in total. The van der Waals surface area contributed by atoms with Crippen molar-refractivity contribution in [3.8, 4) is 22.6 Å². The Balaban J connectivity index is 1.60. The van der Waals surface area contributed by atoms with Crippen molar-refractivity contribution in [3.63, 3.8) is 0 Å². The van der Waals surface area contributed by atoms with E-state index in [9.17, 15) is 9.59 Å². The highest BCUT2D eigenvalue weighted by Crippen LogP contribution is 2.33. The standard InChI is InChI=1S/C31H35N5O3/c1-22(2)20-35(31(38)32-19-24-11-7-5-8-12-24)21-28(37)33-30-29(25-13-9-6-10-14-25)23(3)34-36(30)26-15-17-27(39-4)18-16-26/h5-18,22H,19-21H2,1-4H3,(H,32,38)(H,33,37). The van der Waals surface area contributed by atoms with Crippen LogP contribution in [0.2, 0.25) is 0 Å². The molecular weight excluding hydrogens is 490 g/mol. The summed E-state index contributed by atoms with van der Waals surface area (Å²) >= 11 is 0. The first kappa shape index (κ1) is 27.4. The summed E-state index contributed by atoms with van der Waals surface area (Å²) in [5.41, 5.74) is 4.29. The lowest BCUT2D eigenvalue weighted by Gasteiger charge is -2.24. The molecule has 0 atom stereocenters. The number of carbonyl (C=O) groups excluding carboxylic acids is 2. The van der Waals surface area contributed by atoms with Gasteiger partial charge in [0.15, 0.2) is 0 Å². The van der Waals surface area contributed by atoms with E-state index in [2.05, 4.69) is 10.6 Å². The van der Waals surface area contributed by atoms with Gasteiger partial charge in [-0.15, -0.1) is 0 Å². The molecule has 0 spiro atoms. The first-order valence-electron chi connectivity index (χ1n) is 13.0. The summed E-state index contributed by atoms with van der Waals surface area (Å²) < 4.78 is 7.02. The van der Waals surface area contributed by atoms with Crippen molar-refractivity contribution in [1.82, 2.24) is 20.0 Å². The maximum absolute atomic E-state index is 13.5. The van der Waals surface area contributed by atoms with Gasteiger partial charge in [-0.25, -0.2) is 9.48 Å². The summed E-state index contributed by atoms with van der Waals surface area (Å²) in [5.74, 6) is 1.15. The second kappa shape index (κ2) is 12.8. The van der Waals surface area contributed by atoms with Crippen molar-refractivity contribution in [3.05, 3.63) is 96.2 Å². The Morgan fingerprint density at radius 2 is 1.59 bits per heavy atom. The van der Waals surface area contributed by atoms with Crippen LogP contribution in [-0.4, -0.2) is 46.8 Å². The molecule has 39 heavy (non-hydrogen) atoms. The Hall–Kier alpha value is -4.59. The van der Waals surface area contributed by atoms with Gasteiger partial charge in [-0.2, -0.15) is 5.10 Å². The number of aromatic nitrogens is 2. The topological polar surface area (TPSA) is 88.5 Å². The molecule has 202 valence electrons. The second-order valence-corrected chi connectivity index (χ2v) is 9.75. The number of amides is 3. The summed E-state index contributed by atoms with van der Waals surface area (Å²) in [5, 5.41) is 10.8. The number of nitrogens with one attached hydrogen (secondary N) is 2. The molecule has 0 bridgehead atoms. The number of benzene rings is 3. The lowest BCUT2D eigenvalue weighted by atomic mass is 10.1. The van der Waals surface area contributed by atoms with E-state index in [1.54, 1.807) is 16.7 Å². The Labute approximate surface area is 229 Å². The Morgan fingerprint density at radius 3 is 2.21 bits per heavy atom. The smallest absolute Gasteiger partial charge is 0.318 e. The van der Waals surface area contributed by atoms with Crippen molar-refractivity contribution in [1.29, 1.82) is 0 Å². The van der Waals surface area contributed by atoms with E-state index in [4.69, 9.17) is 9.84 Å². The molecule has 4 aromatic rings. The molecule has 2 N–H and O–H groups in total. The van der Waals surface area contributed by atoms with Crippen LogP contribution >= 0.6 is 0 Å². The molecule has 0 saturated carbocycles. The van der Waals surface area contributed by atoms with Gasteiger partial charge in [0.1, 0.15) is 18.1 Å². The van der Waals surface area contributed by atoms with Crippen LogP contribution in [0.25, 0.3) is 16.8 Å². The minimum Gasteiger partial charge on any atom is -0.497 e. The van der Waals surface area contributed by atoms with Crippen LogP contribution in [-0.2, 0) is 11.3 Å². The number of anilines is 1. The van der Waals surface area contributed by atoms with E-state index in [1.807, 2.05) is 106 Å². The zero-order chi connectivity index (χ0) is 27.8. The van der Waals surface area contributed by atoms with Crippen molar-refractivity contribution < 1.29 is 14.3 Å². The SMILES string of the molecule is COc1ccc(-n2nc(C)c(-c3ccccc3)c2NC(=O)CN(CC(C)C)C(=O)NCc2ccccc2)cc1. The first-order valence-corrected chi connectivity index (χ1v) is 13.0. The normalized spacial score (nSPS) is 10.8. The van der Waals surface area contributed by atoms with Gasteiger partial charge in [0, 0.05) is 18.7 Å². The summed E-state index contributed by atoms with van der Waals surface area (Å²) in [4.78, 5) is 28.1. The van der Waals surface area contributed by atoms with E-state index in [0.717, 1.165) is 33.8 Å². The van der Waals surface area contributed by atoms with Crippen LogP contribution in [0.3, 0.4) is 0 Å². The van der Waals surface area contributed by atoms with E-state index in [0.29, 0.717) is 18.9 Å². The van der Waals surface area contributed by atoms with Crippen LogP contribution < -0.4 is 15.4 Å². The maximum Gasteiger partial charge on any atom is 0.318 e. The number of urea groups is 1.